The molecule has 0 atom stereocenters. The Labute approximate surface area is 94.2 Å². The van der Waals surface area contributed by atoms with Crippen LogP contribution in [0, 0.1) is 0 Å². The lowest BCUT2D eigenvalue weighted by Gasteiger charge is -1.98. The van der Waals surface area contributed by atoms with Crippen molar-refractivity contribution in [1.82, 2.24) is 0 Å². The standard InChI is InChI=1S/C8H15O2.HI.Mg/c1-3-4-5-6-7-10-8-9-2;;/h4-5H,1,3,6-8H2,2H3;1H;/q;;+1/p-1/b5-4-;;. The molecular formula is C8H15IMgO2. The van der Waals surface area contributed by atoms with Crippen LogP contribution in [0.2, 0.25) is 4.55 Å². The molecule has 0 heterocycles. The van der Waals surface area contributed by atoms with Crippen LogP contribution in [0.4, 0.5) is 0 Å². The molecule has 12 heavy (non-hydrogen) atoms. The molecule has 4 heteroatoms. The number of hydrogen-bond donors (Lipinski definition) is 0. The van der Waals surface area contributed by atoms with Crippen LogP contribution in [0.25, 0.3) is 0 Å². The highest BCUT2D eigenvalue weighted by molar-refractivity contribution is 14.1. The molecule has 68 valence electrons. The lowest BCUT2D eigenvalue weighted by molar-refractivity contribution is -0.0285. The molecule has 0 aliphatic carbocycles. The fourth-order valence-electron chi connectivity index (χ4n) is 0.724. The molecule has 0 N–H and O–H groups in total. The molecule has 0 aliphatic rings. The Balaban J connectivity index is 2.92. The molecule has 0 radical (unpaired) electrons. The summed E-state index contributed by atoms with van der Waals surface area (Å²) in [5.74, 6) is 0. The van der Waals surface area contributed by atoms with Crippen molar-refractivity contribution in [3.63, 3.8) is 0 Å². The van der Waals surface area contributed by atoms with E-state index in [9.17, 15) is 0 Å². The molecule has 0 aromatic heterocycles. The molecule has 0 aromatic carbocycles. The predicted octanol–water partition coefficient (Wildman–Crippen LogP) is 2.42. The Bertz CT molecular complexity index is 109. The van der Waals surface area contributed by atoms with Gasteiger partial charge in [-0.05, 0) is 6.42 Å². The molecule has 0 aromatic rings. The summed E-state index contributed by atoms with van der Waals surface area (Å²) in [5, 5.41) is 0. The summed E-state index contributed by atoms with van der Waals surface area (Å²) in [7, 11) is 1.64. The Morgan fingerprint density at radius 1 is 1.33 bits per heavy atom. The van der Waals surface area contributed by atoms with E-state index >= 15 is 0 Å². The minimum atomic E-state index is 0.234. The monoisotopic (exact) mass is 294 g/mol. The number of allylic oxidation sites excluding steroid dienone is 1. The zero-order valence-electron chi connectivity index (χ0n) is 7.59. The molecule has 0 unspecified atom stereocenters. The highest BCUT2D eigenvalue weighted by Gasteiger charge is 1.85. The SMILES string of the molecule is COCOCC/C=C\C[CH2][Mg][I]. The number of methoxy groups -OCH3 is 1. The van der Waals surface area contributed by atoms with Crippen LogP contribution in [0.3, 0.4) is 0 Å². The average Bonchev–Trinajstić information content (AvgIpc) is 2.10. The third kappa shape index (κ3) is 11.2. The molecule has 0 spiro atoms. The Morgan fingerprint density at radius 2 is 2.08 bits per heavy atom. The lowest BCUT2D eigenvalue weighted by atomic mass is 10.3. The number of rotatable bonds is 8. The van der Waals surface area contributed by atoms with Crippen molar-refractivity contribution in [2.75, 3.05) is 20.5 Å². The summed E-state index contributed by atoms with van der Waals surface area (Å²) in [4.78, 5) is 0. The van der Waals surface area contributed by atoms with Gasteiger partial charge >= 0.3 is 16.5 Å². The van der Waals surface area contributed by atoms with Crippen LogP contribution in [-0.4, -0.2) is 37.0 Å². The number of halogens is 1. The maximum atomic E-state index is 5.12. The Morgan fingerprint density at radius 3 is 2.75 bits per heavy atom. The summed E-state index contributed by atoms with van der Waals surface area (Å²) in [6, 6.07) is 0. The van der Waals surface area contributed by atoms with Gasteiger partial charge in [0.05, 0.1) is 6.61 Å². The topological polar surface area (TPSA) is 18.5 Å². The fraction of sp³-hybridized carbons (Fsp3) is 0.750. The van der Waals surface area contributed by atoms with Crippen molar-refractivity contribution in [1.29, 1.82) is 0 Å². The minimum Gasteiger partial charge on any atom is -0.359 e. The third-order valence-electron chi connectivity index (χ3n) is 1.30. The van der Waals surface area contributed by atoms with E-state index in [1.54, 1.807) is 7.11 Å². The van der Waals surface area contributed by atoms with Crippen LogP contribution in [0.15, 0.2) is 12.2 Å². The van der Waals surface area contributed by atoms with E-state index in [0.717, 1.165) is 13.0 Å². The lowest BCUT2D eigenvalue weighted by Crippen LogP contribution is -1.96. The summed E-state index contributed by atoms with van der Waals surface area (Å²) in [6.07, 6.45) is 6.70. The van der Waals surface area contributed by atoms with Crippen molar-refractivity contribution >= 4 is 35.3 Å². The summed E-state index contributed by atoms with van der Waals surface area (Å²) < 4.78 is 11.3. The second-order valence-electron chi connectivity index (χ2n) is 2.41. The first-order chi connectivity index (χ1) is 5.91. The molecule has 2 nitrogen and oxygen atoms in total. The van der Waals surface area contributed by atoms with Gasteiger partial charge in [-0.3, -0.25) is 0 Å². The van der Waals surface area contributed by atoms with Crippen molar-refractivity contribution in [2.24, 2.45) is 0 Å². The first-order valence-electron chi connectivity index (χ1n) is 4.19. The number of hydrogen-bond acceptors (Lipinski definition) is 2. The summed E-state index contributed by atoms with van der Waals surface area (Å²) >= 11 is 2.76. The first-order valence-corrected chi connectivity index (χ1v) is 10.3. The van der Waals surface area contributed by atoms with Crippen molar-refractivity contribution in [2.45, 2.75) is 17.4 Å². The van der Waals surface area contributed by atoms with Gasteiger partial charge in [0.15, 0.2) is 0 Å². The molecule has 0 aliphatic heterocycles. The van der Waals surface area contributed by atoms with Crippen molar-refractivity contribution in [3.05, 3.63) is 12.2 Å². The summed E-state index contributed by atoms with van der Waals surface area (Å²) in [6.45, 7) is 1.18. The highest BCUT2D eigenvalue weighted by Crippen LogP contribution is 1.95. The van der Waals surface area contributed by atoms with Gasteiger partial charge in [-0.25, -0.2) is 0 Å². The predicted molar refractivity (Wildman–Crippen MR) is 60.8 cm³/mol. The van der Waals surface area contributed by atoms with E-state index in [4.69, 9.17) is 9.47 Å². The third-order valence-corrected chi connectivity index (χ3v) is 4.27. The van der Waals surface area contributed by atoms with E-state index in [1.165, 1.54) is 11.0 Å². The van der Waals surface area contributed by atoms with Gasteiger partial charge in [0.25, 0.3) is 0 Å². The molecule has 0 saturated heterocycles. The van der Waals surface area contributed by atoms with Crippen molar-refractivity contribution in [3.8, 4) is 0 Å². The summed E-state index contributed by atoms with van der Waals surface area (Å²) in [5.41, 5.74) is 0. The van der Waals surface area contributed by atoms with Gasteiger partial charge in [0.2, 0.25) is 0 Å². The molecule has 0 bridgehead atoms. The smallest absolute Gasteiger partial charge is 0.359 e. The van der Waals surface area contributed by atoms with E-state index in [1.807, 2.05) is 0 Å². The molecule has 0 saturated carbocycles. The number of ether oxygens (including phenoxy) is 2. The van der Waals surface area contributed by atoms with E-state index in [2.05, 4.69) is 31.0 Å². The average molecular weight is 294 g/mol. The van der Waals surface area contributed by atoms with Crippen LogP contribution in [-0.2, 0) is 9.47 Å². The van der Waals surface area contributed by atoms with Gasteiger partial charge < -0.3 is 28.3 Å². The molecule has 0 amide bonds. The van der Waals surface area contributed by atoms with E-state index in [0.29, 0.717) is 6.79 Å². The zero-order valence-corrected chi connectivity index (χ0v) is 11.2. The largest absolute Gasteiger partial charge is 0.464 e. The van der Waals surface area contributed by atoms with Crippen LogP contribution in [0.5, 0.6) is 0 Å². The zero-order chi connectivity index (χ0) is 9.07. The Hall–Kier alpha value is 1.16. The fourth-order valence-corrected chi connectivity index (χ4v) is 2.44. The van der Waals surface area contributed by atoms with Crippen molar-refractivity contribution < 1.29 is 9.47 Å². The second kappa shape index (κ2) is 12.2. The maximum Gasteiger partial charge on any atom is 0.464 e. The quantitative estimate of drug-likeness (QED) is 0.225. The Kier molecular flexibility index (Phi) is 13.3. The van der Waals surface area contributed by atoms with Gasteiger partial charge in [0, 0.05) is 7.11 Å². The first kappa shape index (κ1) is 13.2. The normalized spacial score (nSPS) is 10.5. The van der Waals surface area contributed by atoms with E-state index < -0.39 is 0 Å². The van der Waals surface area contributed by atoms with Gasteiger partial charge in [-0.15, -0.1) is 4.55 Å². The second-order valence-corrected chi connectivity index (χ2v) is 6.73. The van der Waals surface area contributed by atoms with Crippen LogP contribution in [0.1, 0.15) is 12.8 Å². The maximum absolute atomic E-state index is 5.12. The molecule has 0 rings (SSSR count). The molecule has 0 fully saturated rings. The minimum absolute atomic E-state index is 0.234. The van der Waals surface area contributed by atoms with Gasteiger partial charge in [0.1, 0.15) is 6.79 Å². The van der Waals surface area contributed by atoms with E-state index in [-0.39, 0.29) is 16.5 Å². The van der Waals surface area contributed by atoms with Crippen LogP contribution >= 0.6 is 18.9 Å². The van der Waals surface area contributed by atoms with Gasteiger partial charge in [-0.2, -0.15) is 0 Å². The molecular weight excluding hydrogens is 279 g/mol. The van der Waals surface area contributed by atoms with Crippen LogP contribution < -0.4 is 0 Å². The highest BCUT2D eigenvalue weighted by atomic mass is 127. The van der Waals surface area contributed by atoms with Gasteiger partial charge in [-0.1, -0.05) is 18.6 Å².